The van der Waals surface area contributed by atoms with Gasteiger partial charge in [0, 0.05) is 30.2 Å². The highest BCUT2D eigenvalue weighted by molar-refractivity contribution is 5.86. The summed E-state index contributed by atoms with van der Waals surface area (Å²) in [6.07, 6.45) is 4.60. The number of hydrogen-bond acceptors (Lipinski definition) is 5. The average molecular weight is 334 g/mol. The summed E-state index contributed by atoms with van der Waals surface area (Å²) in [4.78, 5) is 18.9. The third-order valence-electron chi connectivity index (χ3n) is 5.10. The Morgan fingerprint density at radius 1 is 1.08 bits per heavy atom. The van der Waals surface area contributed by atoms with Crippen LogP contribution in [0.25, 0.3) is 11.0 Å². The van der Waals surface area contributed by atoms with E-state index in [2.05, 4.69) is 9.88 Å². The van der Waals surface area contributed by atoms with E-state index in [0.717, 1.165) is 52.8 Å². The number of nitrogens with zero attached hydrogens (tertiary/aromatic N) is 2. The van der Waals surface area contributed by atoms with Crippen molar-refractivity contribution in [3.63, 3.8) is 0 Å². The normalized spacial score (nSPS) is 16.5. The zero-order valence-electron chi connectivity index (χ0n) is 13.8. The van der Waals surface area contributed by atoms with E-state index in [-0.39, 0.29) is 5.63 Å². The van der Waals surface area contributed by atoms with Gasteiger partial charge in [-0.05, 0) is 49.1 Å². The minimum atomic E-state index is -0.185. The van der Waals surface area contributed by atoms with Gasteiger partial charge < -0.3 is 9.15 Å². The molecule has 2 aromatic heterocycles. The summed E-state index contributed by atoms with van der Waals surface area (Å²) in [5, 5.41) is 1.06. The van der Waals surface area contributed by atoms with Crippen LogP contribution in [0, 0.1) is 0 Å². The Labute approximate surface area is 144 Å². The van der Waals surface area contributed by atoms with E-state index in [4.69, 9.17) is 9.15 Å². The van der Waals surface area contributed by atoms with Gasteiger partial charge in [0.1, 0.15) is 18.1 Å². The molecule has 0 unspecified atom stereocenters. The summed E-state index contributed by atoms with van der Waals surface area (Å²) < 4.78 is 11.6. The van der Waals surface area contributed by atoms with Crippen molar-refractivity contribution in [3.05, 3.63) is 69.3 Å². The second kappa shape index (κ2) is 5.70. The van der Waals surface area contributed by atoms with Gasteiger partial charge in [0.2, 0.25) is 0 Å². The van der Waals surface area contributed by atoms with Crippen molar-refractivity contribution in [2.24, 2.45) is 0 Å². The van der Waals surface area contributed by atoms with Gasteiger partial charge >= 0.3 is 5.63 Å². The second-order valence-corrected chi connectivity index (χ2v) is 6.70. The molecule has 0 radical (unpaired) electrons. The molecule has 0 amide bonds. The topological polar surface area (TPSA) is 55.6 Å². The third kappa shape index (κ3) is 2.43. The van der Waals surface area contributed by atoms with Gasteiger partial charge in [-0.15, -0.1) is 0 Å². The Bertz CT molecular complexity index is 1010. The van der Waals surface area contributed by atoms with Crippen LogP contribution < -0.4 is 10.4 Å². The van der Waals surface area contributed by atoms with Crippen molar-refractivity contribution in [2.75, 3.05) is 6.73 Å². The van der Waals surface area contributed by atoms with E-state index < -0.39 is 0 Å². The van der Waals surface area contributed by atoms with E-state index in [1.165, 1.54) is 0 Å². The molecule has 0 saturated carbocycles. The fraction of sp³-hybridized carbons (Fsp3) is 0.300. The molecule has 0 atom stereocenters. The molecule has 0 fully saturated rings. The zero-order chi connectivity index (χ0) is 16.8. The molecule has 0 spiro atoms. The molecule has 0 N–H and O–H groups in total. The number of fused-ring (bicyclic) bond motifs is 5. The van der Waals surface area contributed by atoms with Crippen molar-refractivity contribution in [3.8, 4) is 5.75 Å². The number of benzene rings is 1. The molecule has 1 aliphatic heterocycles. The predicted molar refractivity (Wildman–Crippen MR) is 93.5 cm³/mol. The number of aryl methyl sites for hydroxylation is 1. The van der Waals surface area contributed by atoms with Gasteiger partial charge in [-0.2, -0.15) is 0 Å². The van der Waals surface area contributed by atoms with Gasteiger partial charge in [0.05, 0.1) is 11.3 Å². The molecule has 5 rings (SSSR count). The molecule has 2 aliphatic rings. The lowest BCUT2D eigenvalue weighted by Gasteiger charge is -2.29. The number of pyridine rings is 1. The van der Waals surface area contributed by atoms with Gasteiger partial charge in [0.25, 0.3) is 0 Å². The lowest BCUT2D eigenvalue weighted by atomic mass is 10.0. The van der Waals surface area contributed by atoms with Crippen LogP contribution in [0.15, 0.2) is 45.7 Å². The smallest absolute Gasteiger partial charge is 0.339 e. The monoisotopic (exact) mass is 334 g/mol. The molecular weight excluding hydrogens is 316 g/mol. The average Bonchev–Trinajstić information content (AvgIpc) is 3.13. The molecule has 0 saturated heterocycles. The molecule has 126 valence electrons. The van der Waals surface area contributed by atoms with Crippen molar-refractivity contribution in [1.29, 1.82) is 0 Å². The summed E-state index contributed by atoms with van der Waals surface area (Å²) in [7, 11) is 0. The minimum Gasteiger partial charge on any atom is -0.478 e. The van der Waals surface area contributed by atoms with E-state index in [1.807, 2.05) is 30.3 Å². The van der Waals surface area contributed by atoms with E-state index in [9.17, 15) is 4.79 Å². The quantitative estimate of drug-likeness (QED) is 0.674. The van der Waals surface area contributed by atoms with Crippen LogP contribution in [-0.4, -0.2) is 16.6 Å². The molecule has 5 nitrogen and oxygen atoms in total. The molecule has 1 aliphatic carbocycles. The Kier molecular flexibility index (Phi) is 3.35. The first-order valence-corrected chi connectivity index (χ1v) is 8.65. The van der Waals surface area contributed by atoms with Crippen LogP contribution >= 0.6 is 0 Å². The molecular formula is C20H18N2O3. The maximum Gasteiger partial charge on any atom is 0.339 e. The van der Waals surface area contributed by atoms with Crippen LogP contribution in [0.5, 0.6) is 5.75 Å². The fourth-order valence-corrected chi connectivity index (χ4v) is 3.92. The standard InChI is InChI=1S/C20H18N2O3/c23-20-16-6-3-5-14(16)15-7-8-18-17(19(15)25-20)11-22(12-24-18)10-13-4-1-2-9-21-13/h1-2,4,7-9H,3,5-6,10-12H2. The van der Waals surface area contributed by atoms with Crippen LogP contribution in [0.2, 0.25) is 0 Å². The minimum absolute atomic E-state index is 0.185. The highest BCUT2D eigenvalue weighted by Gasteiger charge is 2.26. The van der Waals surface area contributed by atoms with E-state index >= 15 is 0 Å². The zero-order valence-corrected chi connectivity index (χ0v) is 13.8. The Hall–Kier alpha value is -2.66. The molecule has 3 aromatic rings. The first-order valence-electron chi connectivity index (χ1n) is 8.65. The van der Waals surface area contributed by atoms with Crippen molar-refractivity contribution in [1.82, 2.24) is 9.88 Å². The summed E-state index contributed by atoms with van der Waals surface area (Å²) in [5.74, 6) is 0.811. The van der Waals surface area contributed by atoms with Crippen molar-refractivity contribution < 1.29 is 9.15 Å². The summed E-state index contributed by atoms with van der Waals surface area (Å²) >= 11 is 0. The lowest BCUT2D eigenvalue weighted by molar-refractivity contribution is 0.0878. The van der Waals surface area contributed by atoms with Gasteiger partial charge in [-0.25, -0.2) is 4.79 Å². The van der Waals surface area contributed by atoms with Crippen molar-refractivity contribution in [2.45, 2.75) is 32.4 Å². The highest BCUT2D eigenvalue weighted by atomic mass is 16.5. The SMILES string of the molecule is O=c1oc2c3c(ccc2c2c1CCC2)OCN(Cc1ccccn1)C3. The molecule has 1 aromatic carbocycles. The Morgan fingerprint density at radius 3 is 2.88 bits per heavy atom. The summed E-state index contributed by atoms with van der Waals surface area (Å²) in [6, 6.07) is 9.95. The second-order valence-electron chi connectivity index (χ2n) is 6.70. The molecule has 5 heteroatoms. The molecule has 0 bridgehead atoms. The van der Waals surface area contributed by atoms with E-state index in [0.29, 0.717) is 25.4 Å². The summed E-state index contributed by atoms with van der Waals surface area (Å²) in [6.45, 7) is 1.89. The first-order chi connectivity index (χ1) is 12.3. The van der Waals surface area contributed by atoms with Crippen molar-refractivity contribution >= 4 is 11.0 Å². The number of ether oxygens (including phenoxy) is 1. The largest absolute Gasteiger partial charge is 0.478 e. The Morgan fingerprint density at radius 2 is 2.00 bits per heavy atom. The third-order valence-corrected chi connectivity index (χ3v) is 5.10. The van der Waals surface area contributed by atoms with Gasteiger partial charge in [-0.3, -0.25) is 9.88 Å². The van der Waals surface area contributed by atoms with Crippen LogP contribution in [0.4, 0.5) is 0 Å². The first kappa shape index (κ1) is 14.7. The molecule has 25 heavy (non-hydrogen) atoms. The maximum absolute atomic E-state index is 12.4. The van der Waals surface area contributed by atoms with Crippen LogP contribution in [0.3, 0.4) is 0 Å². The summed E-state index contributed by atoms with van der Waals surface area (Å²) in [5.41, 5.74) is 4.48. The Balaban J connectivity index is 1.57. The number of rotatable bonds is 2. The van der Waals surface area contributed by atoms with Crippen LogP contribution in [0.1, 0.15) is 28.8 Å². The maximum atomic E-state index is 12.4. The number of aromatic nitrogens is 1. The lowest BCUT2D eigenvalue weighted by Crippen LogP contribution is -2.32. The highest BCUT2D eigenvalue weighted by Crippen LogP contribution is 2.36. The van der Waals surface area contributed by atoms with Gasteiger partial charge in [0.15, 0.2) is 0 Å². The predicted octanol–water partition coefficient (Wildman–Crippen LogP) is 3.03. The van der Waals surface area contributed by atoms with Crippen LogP contribution in [-0.2, 0) is 25.9 Å². The fourth-order valence-electron chi connectivity index (χ4n) is 3.92. The number of hydrogen-bond donors (Lipinski definition) is 0. The molecule has 3 heterocycles. The van der Waals surface area contributed by atoms with Gasteiger partial charge in [-0.1, -0.05) is 6.07 Å². The van der Waals surface area contributed by atoms with E-state index in [1.54, 1.807) is 6.20 Å².